The highest BCUT2D eigenvalue weighted by molar-refractivity contribution is 9.10. The molecule has 114 valence electrons. The molecule has 0 N–H and O–H groups in total. The number of alkyl halides is 1. The highest BCUT2D eigenvalue weighted by Gasteiger charge is 2.29. The molecule has 0 spiro atoms. The summed E-state index contributed by atoms with van der Waals surface area (Å²) in [6, 6.07) is 13.6. The lowest BCUT2D eigenvalue weighted by molar-refractivity contribution is 0.0903. The molecule has 0 fully saturated rings. The highest BCUT2D eigenvalue weighted by atomic mass is 79.9. The first kappa shape index (κ1) is 16.2. The van der Waals surface area contributed by atoms with Crippen molar-refractivity contribution in [3.63, 3.8) is 0 Å². The van der Waals surface area contributed by atoms with E-state index >= 15 is 0 Å². The van der Waals surface area contributed by atoms with Crippen LogP contribution in [0.25, 0.3) is 0 Å². The van der Waals surface area contributed by atoms with Crippen molar-refractivity contribution < 1.29 is 19.1 Å². The second-order valence-electron chi connectivity index (χ2n) is 4.49. The SMILES string of the molecule is COc1ccccc1C(=O)C(Br)C(=O)c1ccccc1OC. The van der Waals surface area contributed by atoms with E-state index in [0.717, 1.165) is 0 Å². The number of para-hydroxylation sites is 2. The van der Waals surface area contributed by atoms with Crippen LogP contribution < -0.4 is 9.47 Å². The Balaban J connectivity index is 2.32. The van der Waals surface area contributed by atoms with E-state index in [1.54, 1.807) is 48.5 Å². The molecule has 0 saturated heterocycles. The van der Waals surface area contributed by atoms with Crippen molar-refractivity contribution in [3.8, 4) is 11.5 Å². The summed E-state index contributed by atoms with van der Waals surface area (Å²) in [6.07, 6.45) is 0. The van der Waals surface area contributed by atoms with Gasteiger partial charge in [0.1, 0.15) is 16.3 Å². The Morgan fingerprint density at radius 2 is 1.18 bits per heavy atom. The molecule has 0 aliphatic carbocycles. The molecule has 2 aromatic rings. The minimum Gasteiger partial charge on any atom is -0.496 e. The van der Waals surface area contributed by atoms with E-state index in [9.17, 15) is 9.59 Å². The molecule has 2 rings (SSSR count). The van der Waals surface area contributed by atoms with Crippen LogP contribution in [0.4, 0.5) is 0 Å². The van der Waals surface area contributed by atoms with Gasteiger partial charge < -0.3 is 9.47 Å². The molecule has 0 amide bonds. The van der Waals surface area contributed by atoms with Gasteiger partial charge in [0.15, 0.2) is 11.6 Å². The first-order chi connectivity index (χ1) is 10.6. The second-order valence-corrected chi connectivity index (χ2v) is 5.41. The Kier molecular flexibility index (Phi) is 5.33. The maximum atomic E-state index is 12.6. The van der Waals surface area contributed by atoms with Gasteiger partial charge in [-0.3, -0.25) is 9.59 Å². The number of Topliss-reactive ketones (excluding diaryl/α,β-unsaturated/α-hetero) is 2. The first-order valence-corrected chi connectivity index (χ1v) is 7.50. The number of rotatable bonds is 6. The number of halogens is 1. The quantitative estimate of drug-likeness (QED) is 0.448. The van der Waals surface area contributed by atoms with Crippen molar-refractivity contribution in [1.82, 2.24) is 0 Å². The lowest BCUT2D eigenvalue weighted by Crippen LogP contribution is -2.25. The second kappa shape index (κ2) is 7.22. The predicted molar refractivity (Wildman–Crippen MR) is 87.4 cm³/mol. The minimum atomic E-state index is -1.000. The Morgan fingerprint density at radius 1 is 0.818 bits per heavy atom. The normalized spacial score (nSPS) is 10.4. The Bertz CT molecular complexity index is 637. The number of ether oxygens (including phenoxy) is 2. The molecular weight excluding hydrogens is 348 g/mol. The third-order valence-corrected chi connectivity index (χ3v) is 4.04. The topological polar surface area (TPSA) is 52.6 Å². The van der Waals surface area contributed by atoms with Crippen molar-refractivity contribution in [2.45, 2.75) is 4.83 Å². The van der Waals surface area contributed by atoms with Gasteiger partial charge in [-0.1, -0.05) is 40.2 Å². The van der Waals surface area contributed by atoms with Gasteiger partial charge in [-0.25, -0.2) is 0 Å². The summed E-state index contributed by atoms with van der Waals surface area (Å²) >= 11 is 3.20. The molecule has 0 bridgehead atoms. The van der Waals surface area contributed by atoms with Crippen LogP contribution in [-0.2, 0) is 0 Å². The van der Waals surface area contributed by atoms with Crippen molar-refractivity contribution in [3.05, 3.63) is 59.7 Å². The lowest BCUT2D eigenvalue weighted by atomic mass is 10.00. The third-order valence-electron chi connectivity index (χ3n) is 3.21. The van der Waals surface area contributed by atoms with Gasteiger partial charge in [-0.05, 0) is 24.3 Å². The molecule has 4 nitrogen and oxygen atoms in total. The van der Waals surface area contributed by atoms with Crippen LogP contribution >= 0.6 is 15.9 Å². The van der Waals surface area contributed by atoms with Crippen LogP contribution in [0.5, 0.6) is 11.5 Å². The molecule has 0 aliphatic rings. The Morgan fingerprint density at radius 3 is 1.55 bits per heavy atom. The van der Waals surface area contributed by atoms with Crippen LogP contribution in [0, 0.1) is 0 Å². The van der Waals surface area contributed by atoms with Gasteiger partial charge in [0.2, 0.25) is 0 Å². The number of ketones is 2. The molecule has 2 aromatic carbocycles. The van der Waals surface area contributed by atoms with Gasteiger partial charge >= 0.3 is 0 Å². The zero-order valence-corrected chi connectivity index (χ0v) is 13.8. The summed E-state index contributed by atoms with van der Waals surface area (Å²) < 4.78 is 10.3. The van der Waals surface area contributed by atoms with E-state index in [1.165, 1.54) is 14.2 Å². The summed E-state index contributed by atoms with van der Waals surface area (Å²) in [6.45, 7) is 0. The summed E-state index contributed by atoms with van der Waals surface area (Å²) in [5, 5.41) is 0. The summed E-state index contributed by atoms with van der Waals surface area (Å²) in [7, 11) is 2.97. The maximum Gasteiger partial charge on any atom is 0.188 e. The molecule has 0 heterocycles. The lowest BCUT2D eigenvalue weighted by Gasteiger charge is -2.13. The Labute approximate surface area is 137 Å². The molecule has 0 atom stereocenters. The summed E-state index contributed by atoms with van der Waals surface area (Å²) in [5.74, 6) is 0.163. The van der Waals surface area contributed by atoms with Crippen LogP contribution in [0.3, 0.4) is 0 Å². The molecule has 0 aliphatic heterocycles. The van der Waals surface area contributed by atoms with E-state index in [2.05, 4.69) is 15.9 Å². The zero-order chi connectivity index (χ0) is 16.1. The Hall–Kier alpha value is -2.14. The summed E-state index contributed by atoms with van der Waals surface area (Å²) in [4.78, 5) is 24.1. The van der Waals surface area contributed by atoms with E-state index in [4.69, 9.17) is 9.47 Å². The fraction of sp³-hybridized carbons (Fsp3) is 0.176. The fourth-order valence-electron chi connectivity index (χ4n) is 2.09. The van der Waals surface area contributed by atoms with Gasteiger partial charge in [-0.15, -0.1) is 0 Å². The maximum absolute atomic E-state index is 12.6. The number of benzene rings is 2. The van der Waals surface area contributed by atoms with Crippen LogP contribution in [0.2, 0.25) is 0 Å². The predicted octanol–water partition coefficient (Wildman–Crippen LogP) is 3.53. The van der Waals surface area contributed by atoms with Crippen molar-refractivity contribution in [2.24, 2.45) is 0 Å². The third kappa shape index (κ3) is 3.20. The minimum absolute atomic E-state index is 0.353. The number of methoxy groups -OCH3 is 2. The van der Waals surface area contributed by atoms with E-state index in [1.807, 2.05) is 0 Å². The molecule has 5 heteroatoms. The van der Waals surface area contributed by atoms with E-state index in [-0.39, 0.29) is 11.6 Å². The van der Waals surface area contributed by atoms with E-state index < -0.39 is 4.83 Å². The van der Waals surface area contributed by atoms with Crippen LogP contribution in [-0.4, -0.2) is 30.6 Å². The van der Waals surface area contributed by atoms with Crippen molar-refractivity contribution >= 4 is 27.5 Å². The number of hydrogen-bond donors (Lipinski definition) is 0. The average Bonchev–Trinajstić information content (AvgIpc) is 2.59. The number of carbonyl (C=O) groups is 2. The molecular formula is C17H15BrO4. The van der Waals surface area contributed by atoms with Gasteiger partial charge in [0, 0.05) is 0 Å². The molecule has 22 heavy (non-hydrogen) atoms. The van der Waals surface area contributed by atoms with Crippen molar-refractivity contribution in [2.75, 3.05) is 14.2 Å². The fourth-order valence-corrected chi connectivity index (χ4v) is 2.58. The number of hydrogen-bond acceptors (Lipinski definition) is 4. The smallest absolute Gasteiger partial charge is 0.188 e. The molecule has 0 radical (unpaired) electrons. The van der Waals surface area contributed by atoms with Gasteiger partial charge in [-0.2, -0.15) is 0 Å². The van der Waals surface area contributed by atoms with E-state index in [0.29, 0.717) is 22.6 Å². The monoisotopic (exact) mass is 362 g/mol. The highest BCUT2D eigenvalue weighted by Crippen LogP contribution is 2.26. The van der Waals surface area contributed by atoms with Crippen LogP contribution in [0.1, 0.15) is 20.7 Å². The summed E-state index contributed by atoms with van der Waals surface area (Å²) in [5.41, 5.74) is 0.713. The number of carbonyl (C=O) groups excluding carboxylic acids is 2. The van der Waals surface area contributed by atoms with Crippen molar-refractivity contribution in [1.29, 1.82) is 0 Å². The average molecular weight is 363 g/mol. The molecule has 0 aromatic heterocycles. The van der Waals surface area contributed by atoms with Crippen LogP contribution in [0.15, 0.2) is 48.5 Å². The van der Waals surface area contributed by atoms with Gasteiger partial charge in [0.05, 0.1) is 25.3 Å². The first-order valence-electron chi connectivity index (χ1n) is 6.58. The standard InChI is InChI=1S/C17H15BrO4/c1-21-13-9-5-3-7-11(13)16(19)15(18)17(20)12-8-4-6-10-14(12)22-2/h3-10,15H,1-2H3. The largest absolute Gasteiger partial charge is 0.496 e. The molecule has 0 saturated carbocycles. The zero-order valence-electron chi connectivity index (χ0n) is 12.2. The molecule has 0 unspecified atom stereocenters. The van der Waals surface area contributed by atoms with Gasteiger partial charge in [0.25, 0.3) is 0 Å².